The van der Waals surface area contributed by atoms with Gasteiger partial charge in [0, 0.05) is 6.54 Å². The highest BCUT2D eigenvalue weighted by Gasteiger charge is 2.37. The van der Waals surface area contributed by atoms with Crippen molar-refractivity contribution in [3.8, 4) is 0 Å². The molecule has 5 nitrogen and oxygen atoms in total. The van der Waals surface area contributed by atoms with Gasteiger partial charge in [0.1, 0.15) is 25.4 Å². The van der Waals surface area contributed by atoms with Gasteiger partial charge < -0.3 is 15.4 Å². The zero-order valence-electron chi connectivity index (χ0n) is 11.7. The summed E-state index contributed by atoms with van der Waals surface area (Å²) in [7, 11) is 0. The minimum atomic E-state index is -1.20. The fraction of sp³-hybridized carbons (Fsp3) is 0.467. The Morgan fingerprint density at radius 1 is 1.38 bits per heavy atom. The summed E-state index contributed by atoms with van der Waals surface area (Å²) < 4.78 is 17.7. The number of carbonyl (C=O) groups is 2. The molecule has 0 spiro atoms. The fourth-order valence-corrected chi connectivity index (χ4v) is 2.38. The number of ether oxygens (including phenoxy) is 1. The van der Waals surface area contributed by atoms with Gasteiger partial charge in [-0.1, -0.05) is 30.3 Å². The summed E-state index contributed by atoms with van der Waals surface area (Å²) in [6.07, 6.45) is 1.22. The van der Waals surface area contributed by atoms with E-state index in [0.717, 1.165) is 5.56 Å². The number of halogens is 1. The van der Waals surface area contributed by atoms with Crippen molar-refractivity contribution in [2.45, 2.75) is 31.5 Å². The van der Waals surface area contributed by atoms with Crippen LogP contribution in [0.4, 0.5) is 4.39 Å². The molecule has 0 saturated carbocycles. The molecule has 0 bridgehead atoms. The Morgan fingerprint density at radius 3 is 2.76 bits per heavy atom. The number of hydrogen-bond donors (Lipinski definition) is 1. The quantitative estimate of drug-likeness (QED) is 0.823. The molecule has 0 aromatic heterocycles. The maximum atomic E-state index is 12.5. The van der Waals surface area contributed by atoms with E-state index in [1.807, 2.05) is 30.3 Å². The van der Waals surface area contributed by atoms with E-state index in [9.17, 15) is 14.0 Å². The number of carbonyl (C=O) groups excluding carboxylic acids is 2. The number of nitrogens with zero attached hydrogens (tertiary/aromatic N) is 1. The van der Waals surface area contributed by atoms with Gasteiger partial charge in [0.25, 0.3) is 0 Å². The van der Waals surface area contributed by atoms with Gasteiger partial charge in [-0.3, -0.25) is 4.79 Å². The Kier molecular flexibility index (Phi) is 5.27. The Morgan fingerprint density at radius 2 is 2.10 bits per heavy atom. The first-order valence-corrected chi connectivity index (χ1v) is 6.96. The molecule has 114 valence electrons. The second kappa shape index (κ2) is 7.17. The highest BCUT2D eigenvalue weighted by Crippen LogP contribution is 2.20. The van der Waals surface area contributed by atoms with E-state index < -0.39 is 30.6 Å². The Labute approximate surface area is 122 Å². The SMILES string of the molecule is N[C@@H](CF)C(=O)N1CCC[C@H]1C(=O)OCc1ccccc1. The molecule has 1 aliphatic rings. The third-order valence-electron chi connectivity index (χ3n) is 3.52. The van der Waals surface area contributed by atoms with Crippen molar-refractivity contribution in [1.29, 1.82) is 0 Å². The molecule has 2 rings (SSSR count). The predicted molar refractivity (Wildman–Crippen MR) is 74.9 cm³/mol. The van der Waals surface area contributed by atoms with Crippen LogP contribution in [0.5, 0.6) is 0 Å². The smallest absolute Gasteiger partial charge is 0.329 e. The van der Waals surface area contributed by atoms with E-state index in [1.54, 1.807) is 0 Å². The van der Waals surface area contributed by atoms with Crippen molar-refractivity contribution in [2.24, 2.45) is 5.73 Å². The second-order valence-corrected chi connectivity index (χ2v) is 5.04. The van der Waals surface area contributed by atoms with Crippen molar-refractivity contribution in [2.75, 3.05) is 13.2 Å². The average Bonchev–Trinajstić information content (AvgIpc) is 3.01. The van der Waals surface area contributed by atoms with Crippen LogP contribution in [0.1, 0.15) is 18.4 Å². The fourth-order valence-electron chi connectivity index (χ4n) is 2.38. The third kappa shape index (κ3) is 3.78. The topological polar surface area (TPSA) is 72.6 Å². The first-order valence-electron chi connectivity index (χ1n) is 6.96. The summed E-state index contributed by atoms with van der Waals surface area (Å²) in [4.78, 5) is 25.3. The molecule has 1 fully saturated rings. The highest BCUT2D eigenvalue weighted by atomic mass is 19.1. The van der Waals surface area contributed by atoms with Crippen molar-refractivity contribution >= 4 is 11.9 Å². The maximum Gasteiger partial charge on any atom is 0.329 e. The van der Waals surface area contributed by atoms with E-state index in [-0.39, 0.29) is 6.61 Å². The van der Waals surface area contributed by atoms with Crippen molar-refractivity contribution in [3.05, 3.63) is 35.9 Å². The van der Waals surface area contributed by atoms with Gasteiger partial charge in [-0.15, -0.1) is 0 Å². The number of nitrogens with two attached hydrogens (primary N) is 1. The first-order chi connectivity index (χ1) is 10.1. The lowest BCUT2D eigenvalue weighted by atomic mass is 10.2. The van der Waals surface area contributed by atoms with Crippen molar-refractivity contribution < 1.29 is 18.7 Å². The van der Waals surface area contributed by atoms with E-state index in [0.29, 0.717) is 19.4 Å². The first kappa shape index (κ1) is 15.4. The third-order valence-corrected chi connectivity index (χ3v) is 3.52. The molecule has 0 unspecified atom stereocenters. The molecule has 1 aromatic carbocycles. The summed E-state index contributed by atoms with van der Waals surface area (Å²) in [5, 5.41) is 0. The van der Waals surface area contributed by atoms with E-state index in [2.05, 4.69) is 0 Å². The summed E-state index contributed by atoms with van der Waals surface area (Å²) in [5.74, 6) is -0.993. The molecule has 1 aliphatic heterocycles. The number of hydrogen-bond acceptors (Lipinski definition) is 4. The maximum absolute atomic E-state index is 12.5. The normalized spacial score (nSPS) is 19.3. The van der Waals surface area contributed by atoms with Crippen LogP contribution in [-0.4, -0.2) is 42.1 Å². The molecular formula is C15H19FN2O3. The number of benzene rings is 1. The van der Waals surface area contributed by atoms with E-state index >= 15 is 0 Å². The molecule has 1 amide bonds. The molecule has 2 atom stereocenters. The van der Waals surface area contributed by atoms with Gasteiger partial charge in [-0.2, -0.15) is 0 Å². The van der Waals surface area contributed by atoms with Crippen molar-refractivity contribution in [3.63, 3.8) is 0 Å². The molecule has 1 aromatic rings. The number of rotatable bonds is 5. The zero-order valence-corrected chi connectivity index (χ0v) is 11.7. The van der Waals surface area contributed by atoms with Crippen LogP contribution in [0.3, 0.4) is 0 Å². The van der Waals surface area contributed by atoms with Crippen LogP contribution >= 0.6 is 0 Å². The average molecular weight is 294 g/mol. The largest absolute Gasteiger partial charge is 0.459 e. The van der Waals surface area contributed by atoms with Gasteiger partial charge in [-0.05, 0) is 18.4 Å². The van der Waals surface area contributed by atoms with Crippen LogP contribution < -0.4 is 5.73 Å². The molecule has 6 heteroatoms. The standard InChI is InChI=1S/C15H19FN2O3/c16-9-12(17)14(19)18-8-4-7-13(18)15(20)21-10-11-5-2-1-3-6-11/h1-3,5-6,12-13H,4,7-10,17H2/t12-,13-/m0/s1. The van der Waals surface area contributed by atoms with E-state index in [1.165, 1.54) is 4.90 Å². The van der Waals surface area contributed by atoms with Crippen LogP contribution in [-0.2, 0) is 20.9 Å². The summed E-state index contributed by atoms with van der Waals surface area (Å²) >= 11 is 0. The molecule has 0 radical (unpaired) electrons. The Bertz CT molecular complexity index is 495. The van der Waals surface area contributed by atoms with Crippen molar-refractivity contribution in [1.82, 2.24) is 4.90 Å². The van der Waals surface area contributed by atoms with Gasteiger partial charge >= 0.3 is 5.97 Å². The summed E-state index contributed by atoms with van der Waals surface area (Å²) in [5.41, 5.74) is 6.28. The van der Waals surface area contributed by atoms with Gasteiger partial charge in [0.15, 0.2) is 0 Å². The Hall–Kier alpha value is -1.95. The molecular weight excluding hydrogens is 275 g/mol. The Balaban J connectivity index is 1.93. The lowest BCUT2D eigenvalue weighted by molar-refractivity contribution is -0.155. The summed E-state index contributed by atoms with van der Waals surface area (Å²) in [6.45, 7) is -0.355. The van der Waals surface area contributed by atoms with Crippen LogP contribution in [0, 0.1) is 0 Å². The minimum absolute atomic E-state index is 0.160. The van der Waals surface area contributed by atoms with Gasteiger partial charge in [0.2, 0.25) is 5.91 Å². The number of esters is 1. The molecule has 1 saturated heterocycles. The molecule has 21 heavy (non-hydrogen) atoms. The van der Waals surface area contributed by atoms with Crippen LogP contribution in [0.25, 0.3) is 0 Å². The predicted octanol–water partition coefficient (Wildman–Crippen LogP) is 1.02. The van der Waals surface area contributed by atoms with E-state index in [4.69, 9.17) is 10.5 Å². The van der Waals surface area contributed by atoms with Gasteiger partial charge in [-0.25, -0.2) is 9.18 Å². The summed E-state index contributed by atoms with van der Waals surface area (Å²) in [6, 6.07) is 7.43. The number of likely N-dealkylation sites (tertiary alicyclic amines) is 1. The minimum Gasteiger partial charge on any atom is -0.459 e. The number of amides is 1. The highest BCUT2D eigenvalue weighted by molar-refractivity contribution is 5.88. The lowest BCUT2D eigenvalue weighted by Gasteiger charge is -2.25. The molecule has 2 N–H and O–H groups in total. The molecule has 1 heterocycles. The van der Waals surface area contributed by atoms with Gasteiger partial charge in [0.05, 0.1) is 0 Å². The zero-order chi connectivity index (χ0) is 15.2. The monoisotopic (exact) mass is 294 g/mol. The number of alkyl halides is 1. The lowest BCUT2D eigenvalue weighted by Crippen LogP contribution is -2.49. The molecule has 0 aliphatic carbocycles. The van der Waals surface area contributed by atoms with Crippen LogP contribution in [0.15, 0.2) is 30.3 Å². The van der Waals surface area contributed by atoms with Crippen LogP contribution in [0.2, 0.25) is 0 Å². The second-order valence-electron chi connectivity index (χ2n) is 5.04.